The van der Waals surface area contributed by atoms with Crippen LogP contribution in [0.25, 0.3) is 0 Å². The Bertz CT molecular complexity index is 553. The molecule has 1 atom stereocenters. The third-order valence-electron chi connectivity index (χ3n) is 4.92. The predicted molar refractivity (Wildman–Crippen MR) is 91.7 cm³/mol. The minimum absolute atomic E-state index is 0.0896. The van der Waals surface area contributed by atoms with E-state index < -0.39 is 6.10 Å². The van der Waals surface area contributed by atoms with Gasteiger partial charge >= 0.3 is 0 Å². The summed E-state index contributed by atoms with van der Waals surface area (Å²) in [5.41, 5.74) is 3.16. The largest absolute Gasteiger partial charge is 0.388 e. The first-order valence-corrected chi connectivity index (χ1v) is 8.67. The van der Waals surface area contributed by atoms with Crippen molar-refractivity contribution in [3.63, 3.8) is 0 Å². The van der Waals surface area contributed by atoms with E-state index in [9.17, 15) is 9.90 Å². The van der Waals surface area contributed by atoms with E-state index in [1.165, 1.54) is 12.0 Å². The first kappa shape index (κ1) is 16.4. The highest BCUT2D eigenvalue weighted by atomic mass is 16.3. The zero-order valence-electron chi connectivity index (χ0n) is 13.9. The molecule has 2 aliphatic rings. The number of carbonyl (C=O) groups excluding carboxylic acids is 1. The maximum atomic E-state index is 11.6. The van der Waals surface area contributed by atoms with Crippen molar-refractivity contribution in [2.24, 2.45) is 0 Å². The molecule has 0 aliphatic carbocycles. The number of hydrogen-bond donors (Lipinski definition) is 2. The molecule has 2 aliphatic heterocycles. The number of anilines is 1. The molecule has 2 N–H and O–H groups in total. The lowest BCUT2D eigenvalue weighted by Crippen LogP contribution is -2.29. The van der Waals surface area contributed by atoms with Gasteiger partial charge in [-0.15, -0.1) is 0 Å². The van der Waals surface area contributed by atoms with Crippen LogP contribution in [-0.4, -0.2) is 55.2 Å². The van der Waals surface area contributed by atoms with Crippen molar-refractivity contribution in [3.8, 4) is 0 Å². The zero-order valence-corrected chi connectivity index (χ0v) is 13.9. The summed E-state index contributed by atoms with van der Waals surface area (Å²) in [5.74, 6) is 0.0896. The van der Waals surface area contributed by atoms with Gasteiger partial charge in [0, 0.05) is 38.8 Å². The summed E-state index contributed by atoms with van der Waals surface area (Å²) >= 11 is 0. The first-order chi connectivity index (χ1) is 11.1. The van der Waals surface area contributed by atoms with E-state index in [1.54, 1.807) is 6.92 Å². The Kier molecular flexibility index (Phi) is 5.30. The van der Waals surface area contributed by atoms with Gasteiger partial charge in [-0.3, -0.25) is 4.79 Å². The fourth-order valence-corrected chi connectivity index (χ4v) is 3.55. The predicted octanol–water partition coefficient (Wildman–Crippen LogP) is 1.31. The van der Waals surface area contributed by atoms with E-state index in [-0.39, 0.29) is 5.91 Å². The molecule has 23 heavy (non-hydrogen) atoms. The molecule has 2 heterocycles. The maximum absolute atomic E-state index is 11.6. The van der Waals surface area contributed by atoms with Crippen molar-refractivity contribution in [1.29, 1.82) is 0 Å². The number of hydrogen-bond acceptors (Lipinski definition) is 4. The number of carbonyl (C=O) groups is 1. The molecule has 126 valence electrons. The van der Waals surface area contributed by atoms with Gasteiger partial charge in [-0.05, 0) is 49.5 Å². The Morgan fingerprint density at radius 2 is 2.17 bits per heavy atom. The average Bonchev–Trinajstić information content (AvgIpc) is 2.80. The van der Waals surface area contributed by atoms with Crippen LogP contribution in [0.3, 0.4) is 0 Å². The number of nitrogens with one attached hydrogen (secondary N) is 1. The van der Waals surface area contributed by atoms with Gasteiger partial charge in [-0.25, -0.2) is 0 Å². The lowest BCUT2D eigenvalue weighted by Gasteiger charge is -2.21. The van der Waals surface area contributed by atoms with Gasteiger partial charge in [0.15, 0.2) is 0 Å². The third kappa shape index (κ3) is 3.91. The molecule has 1 unspecified atom stereocenters. The Morgan fingerprint density at radius 3 is 3.00 bits per heavy atom. The number of benzene rings is 1. The van der Waals surface area contributed by atoms with Crippen molar-refractivity contribution in [2.45, 2.75) is 32.3 Å². The van der Waals surface area contributed by atoms with Crippen molar-refractivity contribution in [2.75, 3.05) is 44.2 Å². The number of nitrogens with zero attached hydrogens (tertiary/aromatic N) is 2. The molecule has 1 amide bonds. The summed E-state index contributed by atoms with van der Waals surface area (Å²) in [7, 11) is 0. The van der Waals surface area contributed by atoms with Crippen LogP contribution in [0.15, 0.2) is 18.2 Å². The first-order valence-electron chi connectivity index (χ1n) is 8.67. The monoisotopic (exact) mass is 317 g/mol. The van der Waals surface area contributed by atoms with Gasteiger partial charge in [0.1, 0.15) is 0 Å². The molecule has 0 aromatic heterocycles. The smallest absolute Gasteiger partial charge is 0.223 e. The van der Waals surface area contributed by atoms with E-state index in [0.29, 0.717) is 0 Å². The molecular formula is C18H27N3O2. The van der Waals surface area contributed by atoms with Crippen molar-refractivity contribution < 1.29 is 9.90 Å². The van der Waals surface area contributed by atoms with Crippen LogP contribution in [0.5, 0.6) is 0 Å². The van der Waals surface area contributed by atoms with Gasteiger partial charge in [0.2, 0.25) is 5.91 Å². The molecule has 1 aromatic rings. The van der Waals surface area contributed by atoms with Gasteiger partial charge in [0.25, 0.3) is 0 Å². The SMILES string of the molecule is CC(=O)N1CCc2cc(C(O)CCN3CCCNCC3)ccc21. The van der Waals surface area contributed by atoms with Crippen LogP contribution >= 0.6 is 0 Å². The summed E-state index contributed by atoms with van der Waals surface area (Å²) in [5, 5.41) is 13.9. The lowest BCUT2D eigenvalue weighted by atomic mass is 10.0. The molecule has 0 bridgehead atoms. The molecular weight excluding hydrogens is 290 g/mol. The summed E-state index contributed by atoms with van der Waals surface area (Å²) < 4.78 is 0. The van der Waals surface area contributed by atoms with E-state index in [4.69, 9.17) is 0 Å². The Morgan fingerprint density at radius 1 is 1.30 bits per heavy atom. The Labute approximate surface area is 138 Å². The second-order valence-electron chi connectivity index (χ2n) is 6.56. The molecule has 1 fully saturated rings. The third-order valence-corrected chi connectivity index (χ3v) is 4.92. The number of fused-ring (bicyclic) bond motifs is 1. The fraction of sp³-hybridized carbons (Fsp3) is 0.611. The van der Waals surface area contributed by atoms with Gasteiger partial charge in [-0.1, -0.05) is 12.1 Å². The second-order valence-corrected chi connectivity index (χ2v) is 6.56. The molecule has 1 aromatic carbocycles. The normalized spacial score (nSPS) is 20.2. The van der Waals surface area contributed by atoms with Crippen LogP contribution < -0.4 is 10.2 Å². The number of aliphatic hydroxyl groups excluding tert-OH is 1. The summed E-state index contributed by atoms with van der Waals surface area (Å²) in [4.78, 5) is 15.8. The standard InChI is InChI=1S/C18H27N3O2/c1-14(22)21-11-5-15-13-16(3-4-17(15)21)18(23)6-10-20-9-2-7-19-8-12-20/h3-4,13,18-19,23H,2,5-12H2,1H3. The zero-order chi connectivity index (χ0) is 16.2. The van der Waals surface area contributed by atoms with Crippen LogP contribution in [0.2, 0.25) is 0 Å². The lowest BCUT2D eigenvalue weighted by molar-refractivity contribution is -0.116. The van der Waals surface area contributed by atoms with E-state index in [0.717, 1.165) is 63.4 Å². The van der Waals surface area contributed by atoms with Crippen LogP contribution in [0.4, 0.5) is 5.69 Å². The topological polar surface area (TPSA) is 55.8 Å². The maximum Gasteiger partial charge on any atom is 0.223 e. The number of amides is 1. The van der Waals surface area contributed by atoms with E-state index >= 15 is 0 Å². The van der Waals surface area contributed by atoms with E-state index in [2.05, 4.69) is 16.3 Å². The number of rotatable bonds is 4. The molecule has 5 heteroatoms. The van der Waals surface area contributed by atoms with Gasteiger partial charge in [-0.2, -0.15) is 0 Å². The molecule has 0 radical (unpaired) electrons. The summed E-state index contributed by atoms with van der Waals surface area (Å²) in [6.45, 7) is 7.59. The van der Waals surface area contributed by atoms with Crippen LogP contribution in [0, 0.1) is 0 Å². The summed E-state index contributed by atoms with van der Waals surface area (Å²) in [6.07, 6.45) is 2.39. The Hall–Kier alpha value is -1.43. The molecule has 3 rings (SSSR count). The minimum Gasteiger partial charge on any atom is -0.388 e. The van der Waals surface area contributed by atoms with Crippen molar-refractivity contribution in [3.05, 3.63) is 29.3 Å². The van der Waals surface area contributed by atoms with Crippen LogP contribution in [0.1, 0.15) is 37.0 Å². The number of aliphatic hydroxyl groups is 1. The molecule has 1 saturated heterocycles. The molecule has 0 saturated carbocycles. The highest BCUT2D eigenvalue weighted by molar-refractivity contribution is 5.93. The fourth-order valence-electron chi connectivity index (χ4n) is 3.55. The van der Waals surface area contributed by atoms with E-state index in [1.807, 2.05) is 17.0 Å². The highest BCUT2D eigenvalue weighted by Crippen LogP contribution is 2.31. The molecule has 5 nitrogen and oxygen atoms in total. The summed E-state index contributed by atoms with van der Waals surface area (Å²) in [6, 6.07) is 6.03. The highest BCUT2D eigenvalue weighted by Gasteiger charge is 2.23. The second kappa shape index (κ2) is 7.43. The molecule has 0 spiro atoms. The minimum atomic E-state index is -0.428. The van der Waals surface area contributed by atoms with Gasteiger partial charge < -0.3 is 20.2 Å². The average molecular weight is 317 g/mol. The van der Waals surface area contributed by atoms with Crippen molar-refractivity contribution in [1.82, 2.24) is 10.2 Å². The quantitative estimate of drug-likeness (QED) is 0.879. The van der Waals surface area contributed by atoms with Gasteiger partial charge in [0.05, 0.1) is 6.10 Å². The van der Waals surface area contributed by atoms with Crippen molar-refractivity contribution >= 4 is 11.6 Å². The van der Waals surface area contributed by atoms with Crippen LogP contribution in [-0.2, 0) is 11.2 Å². The Balaban J connectivity index is 1.59.